The van der Waals surface area contributed by atoms with Crippen LogP contribution in [0.4, 0.5) is 0 Å². The monoisotopic (exact) mass is 475 g/mol. The molecule has 2 aromatic heterocycles. The molecule has 6 nitrogen and oxygen atoms in total. The molecule has 0 bridgehead atoms. The largest absolute Gasteiger partial charge is 0.332 e. The fraction of sp³-hybridized carbons (Fsp3) is 0.360. The lowest BCUT2D eigenvalue weighted by Crippen LogP contribution is -2.32. The number of rotatable bonds is 7. The Balaban J connectivity index is 1.18. The first-order valence-corrected chi connectivity index (χ1v) is 13.3. The van der Waals surface area contributed by atoms with Crippen LogP contribution in [0, 0.1) is 0 Å². The van der Waals surface area contributed by atoms with Gasteiger partial charge in [-0.25, -0.2) is 4.98 Å². The minimum absolute atomic E-state index is 0.0831. The lowest BCUT2D eigenvalue weighted by atomic mass is 10.2. The van der Waals surface area contributed by atoms with Gasteiger partial charge in [0.1, 0.15) is 10.8 Å². The van der Waals surface area contributed by atoms with E-state index in [1.165, 1.54) is 34.9 Å². The Labute approximate surface area is 201 Å². The molecule has 2 aromatic carbocycles. The zero-order chi connectivity index (χ0) is 22.2. The molecule has 6 rings (SSSR count). The van der Waals surface area contributed by atoms with Crippen LogP contribution >= 0.6 is 23.1 Å². The van der Waals surface area contributed by atoms with Crippen molar-refractivity contribution in [1.82, 2.24) is 24.6 Å². The first kappa shape index (κ1) is 20.9. The summed E-state index contributed by atoms with van der Waals surface area (Å²) in [5, 5.41) is 10.9. The smallest absolute Gasteiger partial charge is 0.233 e. The predicted octanol–water partition coefficient (Wildman–Crippen LogP) is 5.27. The SMILES string of the molecule is O=C(CSc1nnc(C2CC2)n1Cc1ccccc1)N1CCCC1c1nc2ccccc2s1. The molecule has 8 heteroatoms. The molecule has 0 radical (unpaired) electrons. The lowest BCUT2D eigenvalue weighted by Gasteiger charge is -2.23. The van der Waals surface area contributed by atoms with Crippen molar-refractivity contribution in [2.24, 2.45) is 0 Å². The fourth-order valence-electron chi connectivity index (χ4n) is 4.53. The molecule has 33 heavy (non-hydrogen) atoms. The second kappa shape index (κ2) is 8.91. The third kappa shape index (κ3) is 4.29. The van der Waals surface area contributed by atoms with E-state index in [9.17, 15) is 4.79 Å². The van der Waals surface area contributed by atoms with E-state index in [0.29, 0.717) is 11.7 Å². The molecule has 1 saturated carbocycles. The maximum Gasteiger partial charge on any atom is 0.233 e. The number of hydrogen-bond acceptors (Lipinski definition) is 6. The Morgan fingerprint density at radius 3 is 2.67 bits per heavy atom. The average Bonchev–Trinajstić information content (AvgIpc) is 3.23. The number of benzene rings is 2. The highest BCUT2D eigenvalue weighted by Crippen LogP contribution is 2.41. The zero-order valence-electron chi connectivity index (χ0n) is 18.3. The van der Waals surface area contributed by atoms with Gasteiger partial charge in [0.05, 0.1) is 28.6 Å². The second-order valence-electron chi connectivity index (χ2n) is 8.74. The summed E-state index contributed by atoms with van der Waals surface area (Å²) in [5.74, 6) is 2.10. The fourth-order valence-corrected chi connectivity index (χ4v) is 6.47. The van der Waals surface area contributed by atoms with Crippen LogP contribution in [0.25, 0.3) is 10.2 Å². The van der Waals surface area contributed by atoms with E-state index in [2.05, 4.69) is 45.1 Å². The molecule has 4 aromatic rings. The van der Waals surface area contributed by atoms with Gasteiger partial charge in [-0.1, -0.05) is 54.2 Å². The Kier molecular flexibility index (Phi) is 5.63. The number of thioether (sulfide) groups is 1. The van der Waals surface area contributed by atoms with Crippen molar-refractivity contribution in [2.75, 3.05) is 12.3 Å². The molecule has 1 atom stereocenters. The standard InChI is InChI=1S/C25H25N5OS2/c31-22(29-14-6-10-20(29)24-26-19-9-4-5-11-21(19)33-24)16-32-25-28-27-23(18-12-13-18)30(25)15-17-7-2-1-3-8-17/h1-5,7-9,11,18,20H,6,10,12-16H2. The summed E-state index contributed by atoms with van der Waals surface area (Å²) in [6, 6.07) is 18.7. The molecule has 1 saturated heterocycles. The number of nitrogens with zero attached hydrogens (tertiary/aromatic N) is 5. The van der Waals surface area contributed by atoms with Gasteiger partial charge in [0.2, 0.25) is 5.91 Å². The molecule has 2 aliphatic rings. The van der Waals surface area contributed by atoms with Crippen molar-refractivity contribution in [3.63, 3.8) is 0 Å². The molecule has 168 valence electrons. The van der Waals surface area contributed by atoms with E-state index in [4.69, 9.17) is 4.98 Å². The Morgan fingerprint density at radius 1 is 1.03 bits per heavy atom. The van der Waals surface area contributed by atoms with E-state index < -0.39 is 0 Å². The summed E-state index contributed by atoms with van der Waals surface area (Å²) in [5.41, 5.74) is 2.25. The predicted molar refractivity (Wildman–Crippen MR) is 132 cm³/mol. The highest BCUT2D eigenvalue weighted by molar-refractivity contribution is 7.99. The summed E-state index contributed by atoms with van der Waals surface area (Å²) in [7, 11) is 0. The number of amides is 1. The van der Waals surface area contributed by atoms with Gasteiger partial charge in [0.15, 0.2) is 5.16 Å². The van der Waals surface area contributed by atoms with Gasteiger partial charge < -0.3 is 9.47 Å². The van der Waals surface area contributed by atoms with Crippen LogP contribution in [0.15, 0.2) is 59.8 Å². The third-order valence-electron chi connectivity index (χ3n) is 6.36. The molecule has 0 N–H and O–H groups in total. The number of carbonyl (C=O) groups is 1. The van der Waals surface area contributed by atoms with Gasteiger partial charge in [0.25, 0.3) is 0 Å². The number of thiazole rings is 1. The summed E-state index contributed by atoms with van der Waals surface area (Å²) in [6.07, 6.45) is 4.35. The normalized spacial score (nSPS) is 18.3. The molecule has 1 aliphatic heterocycles. The van der Waals surface area contributed by atoms with Crippen molar-refractivity contribution >= 4 is 39.2 Å². The average molecular weight is 476 g/mol. The third-order valence-corrected chi connectivity index (χ3v) is 8.45. The maximum atomic E-state index is 13.3. The Hall–Kier alpha value is -2.71. The number of aromatic nitrogens is 4. The number of carbonyl (C=O) groups excluding carboxylic acids is 1. The minimum Gasteiger partial charge on any atom is -0.332 e. The van der Waals surface area contributed by atoms with E-state index in [1.807, 2.05) is 29.2 Å². The molecule has 1 amide bonds. The first-order valence-electron chi connectivity index (χ1n) is 11.5. The molecular formula is C25H25N5OS2. The quantitative estimate of drug-likeness (QED) is 0.341. The number of likely N-dealkylation sites (tertiary alicyclic amines) is 1. The summed E-state index contributed by atoms with van der Waals surface area (Å²) < 4.78 is 3.39. The van der Waals surface area contributed by atoms with Crippen molar-refractivity contribution in [3.8, 4) is 0 Å². The molecular weight excluding hydrogens is 450 g/mol. The maximum absolute atomic E-state index is 13.3. The van der Waals surface area contributed by atoms with Gasteiger partial charge in [-0.05, 0) is 43.4 Å². The van der Waals surface area contributed by atoms with E-state index in [-0.39, 0.29) is 11.9 Å². The van der Waals surface area contributed by atoms with Crippen LogP contribution in [0.1, 0.15) is 54.0 Å². The number of fused-ring (bicyclic) bond motifs is 1. The Morgan fingerprint density at radius 2 is 1.85 bits per heavy atom. The van der Waals surface area contributed by atoms with E-state index >= 15 is 0 Å². The van der Waals surface area contributed by atoms with Crippen LogP contribution in [-0.2, 0) is 11.3 Å². The first-order chi connectivity index (χ1) is 16.3. The molecule has 1 unspecified atom stereocenters. The van der Waals surface area contributed by atoms with Gasteiger partial charge in [-0.3, -0.25) is 4.79 Å². The van der Waals surface area contributed by atoms with Crippen molar-refractivity contribution in [3.05, 3.63) is 71.0 Å². The van der Waals surface area contributed by atoms with Crippen LogP contribution < -0.4 is 0 Å². The van der Waals surface area contributed by atoms with E-state index in [1.54, 1.807) is 11.3 Å². The number of hydrogen-bond donors (Lipinski definition) is 0. The van der Waals surface area contributed by atoms with Gasteiger partial charge in [0, 0.05) is 12.5 Å². The highest BCUT2D eigenvalue weighted by atomic mass is 32.2. The van der Waals surface area contributed by atoms with Crippen molar-refractivity contribution in [1.29, 1.82) is 0 Å². The summed E-state index contributed by atoms with van der Waals surface area (Å²) in [4.78, 5) is 20.1. The Bertz CT molecular complexity index is 1250. The number of para-hydroxylation sites is 1. The minimum atomic E-state index is 0.0831. The van der Waals surface area contributed by atoms with Crippen LogP contribution in [-0.4, -0.2) is 42.9 Å². The molecule has 2 fully saturated rings. The van der Waals surface area contributed by atoms with Gasteiger partial charge >= 0.3 is 0 Å². The van der Waals surface area contributed by atoms with E-state index in [0.717, 1.165) is 47.4 Å². The summed E-state index contributed by atoms with van der Waals surface area (Å²) in [6.45, 7) is 1.54. The van der Waals surface area contributed by atoms with Crippen LogP contribution in [0.2, 0.25) is 0 Å². The summed E-state index contributed by atoms with van der Waals surface area (Å²) >= 11 is 3.22. The topological polar surface area (TPSA) is 63.9 Å². The van der Waals surface area contributed by atoms with Gasteiger partial charge in [-0.15, -0.1) is 21.5 Å². The van der Waals surface area contributed by atoms with Crippen LogP contribution in [0.3, 0.4) is 0 Å². The van der Waals surface area contributed by atoms with Crippen molar-refractivity contribution < 1.29 is 4.79 Å². The molecule has 0 spiro atoms. The lowest BCUT2D eigenvalue weighted by molar-refractivity contribution is -0.129. The van der Waals surface area contributed by atoms with Gasteiger partial charge in [-0.2, -0.15) is 0 Å². The van der Waals surface area contributed by atoms with Crippen molar-refractivity contribution in [2.45, 2.75) is 49.3 Å². The zero-order valence-corrected chi connectivity index (χ0v) is 19.9. The molecule has 3 heterocycles. The molecule has 1 aliphatic carbocycles. The van der Waals surface area contributed by atoms with Crippen LogP contribution in [0.5, 0.6) is 0 Å². The second-order valence-corrected chi connectivity index (χ2v) is 10.7. The highest BCUT2D eigenvalue weighted by Gasteiger charge is 2.33.